The fraction of sp³-hybridized carbons (Fsp3) is 0.188. The van der Waals surface area contributed by atoms with E-state index < -0.39 is 18.4 Å². The molecule has 10 nitrogen and oxygen atoms in total. The maximum Gasteiger partial charge on any atom is 0.586 e. The molecule has 0 unspecified atom stereocenters. The fourth-order valence-corrected chi connectivity index (χ4v) is 3.01. The van der Waals surface area contributed by atoms with Crippen molar-refractivity contribution in [1.82, 2.24) is 30.0 Å². The number of hydrogen-bond donors (Lipinski definition) is 2. The van der Waals surface area contributed by atoms with Crippen LogP contribution >= 0.6 is 15.9 Å². The highest BCUT2D eigenvalue weighted by Crippen LogP contribution is 2.45. The zero-order chi connectivity index (χ0) is 20.6. The van der Waals surface area contributed by atoms with E-state index in [1.54, 1.807) is 25.4 Å². The van der Waals surface area contributed by atoms with Crippen molar-refractivity contribution < 1.29 is 23.0 Å². The van der Waals surface area contributed by atoms with Crippen molar-refractivity contribution in [3.8, 4) is 17.4 Å². The maximum atomic E-state index is 13.2. The fourth-order valence-electron chi connectivity index (χ4n) is 2.59. The lowest BCUT2D eigenvalue weighted by Crippen LogP contribution is -2.32. The third-order valence-electron chi connectivity index (χ3n) is 3.79. The molecule has 3 aromatic rings. The molecular formula is C16H12BrF2N7O3. The Morgan fingerprint density at radius 1 is 1.21 bits per heavy atom. The van der Waals surface area contributed by atoms with E-state index in [1.807, 2.05) is 0 Å². The average molecular weight is 468 g/mol. The Morgan fingerprint density at radius 3 is 2.62 bits per heavy atom. The van der Waals surface area contributed by atoms with Crippen LogP contribution in [0, 0.1) is 0 Å². The van der Waals surface area contributed by atoms with Gasteiger partial charge in [-0.2, -0.15) is 9.78 Å². The number of fused-ring (bicyclic) bond motifs is 1. The highest BCUT2D eigenvalue weighted by atomic mass is 79.9. The van der Waals surface area contributed by atoms with E-state index in [9.17, 15) is 13.6 Å². The van der Waals surface area contributed by atoms with Gasteiger partial charge < -0.3 is 20.1 Å². The SMILES string of the molecule is C[C@H](NC(=O)Nc1cc2c(cc1Br)OC(F)(F)O2)c1ncnn1-c1ncccn1. The number of aromatic nitrogens is 5. The number of nitrogens with one attached hydrogen (secondary N) is 2. The molecule has 2 N–H and O–H groups in total. The van der Waals surface area contributed by atoms with Gasteiger partial charge in [0.15, 0.2) is 17.3 Å². The van der Waals surface area contributed by atoms with E-state index in [4.69, 9.17) is 0 Å². The zero-order valence-corrected chi connectivity index (χ0v) is 16.2. The number of amides is 2. The second kappa shape index (κ2) is 7.24. The van der Waals surface area contributed by atoms with Crippen LogP contribution < -0.4 is 20.1 Å². The van der Waals surface area contributed by atoms with Crippen LogP contribution in [0.25, 0.3) is 5.95 Å². The third kappa shape index (κ3) is 3.94. The molecule has 1 aliphatic heterocycles. The van der Waals surface area contributed by atoms with Crippen molar-refractivity contribution in [3.05, 3.63) is 47.2 Å². The molecule has 13 heteroatoms. The molecule has 150 valence electrons. The summed E-state index contributed by atoms with van der Waals surface area (Å²) in [6.07, 6.45) is 0.676. The van der Waals surface area contributed by atoms with Crippen LogP contribution in [0.15, 0.2) is 41.4 Å². The Labute approximate surface area is 170 Å². The van der Waals surface area contributed by atoms with Crippen LogP contribution in [0.3, 0.4) is 0 Å². The highest BCUT2D eigenvalue weighted by molar-refractivity contribution is 9.10. The maximum absolute atomic E-state index is 13.2. The largest absolute Gasteiger partial charge is 0.586 e. The first kappa shape index (κ1) is 19.0. The standard InChI is InChI=1S/C16H12BrF2N7O3/c1-8(13-22-7-23-26(13)14-20-3-2-4-21-14)24-15(27)25-10-6-12-11(5-9(10)17)28-16(18,19)29-12/h2-8H,1H3,(H2,24,25,27)/t8-/m0/s1. The van der Waals surface area contributed by atoms with Crippen LogP contribution in [-0.4, -0.2) is 37.1 Å². The van der Waals surface area contributed by atoms with Gasteiger partial charge >= 0.3 is 12.3 Å². The molecule has 0 radical (unpaired) electrons. The van der Waals surface area contributed by atoms with Crippen molar-refractivity contribution in [2.24, 2.45) is 0 Å². The topological polar surface area (TPSA) is 116 Å². The summed E-state index contributed by atoms with van der Waals surface area (Å²) in [7, 11) is 0. The number of carbonyl (C=O) groups is 1. The molecule has 1 atom stereocenters. The minimum Gasteiger partial charge on any atom is -0.395 e. The van der Waals surface area contributed by atoms with Gasteiger partial charge in [-0.05, 0) is 28.9 Å². The molecule has 0 fully saturated rings. The number of alkyl halides is 2. The Kier molecular flexibility index (Phi) is 4.74. The minimum atomic E-state index is -3.75. The van der Waals surface area contributed by atoms with Gasteiger partial charge in [0.05, 0.1) is 11.7 Å². The molecule has 0 bridgehead atoms. The Morgan fingerprint density at radius 2 is 1.90 bits per heavy atom. The summed E-state index contributed by atoms with van der Waals surface area (Å²) < 4.78 is 36.8. The van der Waals surface area contributed by atoms with Gasteiger partial charge in [-0.1, -0.05) is 0 Å². The van der Waals surface area contributed by atoms with Crippen LogP contribution in [0.5, 0.6) is 11.5 Å². The van der Waals surface area contributed by atoms with Crippen LogP contribution in [-0.2, 0) is 0 Å². The first-order valence-corrected chi connectivity index (χ1v) is 8.96. The van der Waals surface area contributed by atoms with Gasteiger partial charge in [-0.25, -0.2) is 19.7 Å². The third-order valence-corrected chi connectivity index (χ3v) is 4.45. The summed E-state index contributed by atoms with van der Waals surface area (Å²) in [5.74, 6) is 0.365. The second-order valence-corrected chi connectivity index (χ2v) is 6.70. The number of rotatable bonds is 4. The molecule has 2 aromatic heterocycles. The Balaban J connectivity index is 1.47. The molecular weight excluding hydrogens is 456 g/mol. The van der Waals surface area contributed by atoms with Crippen molar-refractivity contribution in [2.45, 2.75) is 19.3 Å². The second-order valence-electron chi connectivity index (χ2n) is 5.85. The molecule has 4 rings (SSSR count). The monoisotopic (exact) mass is 467 g/mol. The first-order chi connectivity index (χ1) is 13.8. The van der Waals surface area contributed by atoms with Gasteiger partial charge in [0.25, 0.3) is 5.95 Å². The lowest BCUT2D eigenvalue weighted by atomic mass is 10.3. The number of urea groups is 1. The van der Waals surface area contributed by atoms with E-state index in [0.29, 0.717) is 16.2 Å². The predicted molar refractivity (Wildman–Crippen MR) is 97.9 cm³/mol. The summed E-state index contributed by atoms with van der Waals surface area (Å²) in [5, 5.41) is 9.30. The number of anilines is 1. The van der Waals surface area contributed by atoms with E-state index in [2.05, 4.69) is 56.1 Å². The quantitative estimate of drug-likeness (QED) is 0.605. The number of hydrogen-bond acceptors (Lipinski definition) is 7. The number of carbonyl (C=O) groups excluding carboxylic acids is 1. The molecule has 1 aromatic carbocycles. The van der Waals surface area contributed by atoms with Crippen molar-refractivity contribution in [1.29, 1.82) is 0 Å². The number of benzene rings is 1. The Hall–Kier alpha value is -3.35. The summed E-state index contributed by atoms with van der Waals surface area (Å²) in [6.45, 7) is 1.69. The van der Waals surface area contributed by atoms with E-state index in [0.717, 1.165) is 0 Å². The molecule has 29 heavy (non-hydrogen) atoms. The van der Waals surface area contributed by atoms with Gasteiger partial charge in [-0.15, -0.1) is 8.78 Å². The lowest BCUT2D eigenvalue weighted by Gasteiger charge is -2.15. The molecule has 0 saturated heterocycles. The van der Waals surface area contributed by atoms with E-state index in [-0.39, 0.29) is 17.2 Å². The van der Waals surface area contributed by atoms with Crippen LogP contribution in [0.4, 0.5) is 19.3 Å². The molecule has 2 amide bonds. The van der Waals surface area contributed by atoms with Crippen LogP contribution in [0.2, 0.25) is 0 Å². The van der Waals surface area contributed by atoms with Gasteiger partial charge in [0.2, 0.25) is 0 Å². The number of ether oxygens (including phenoxy) is 2. The smallest absolute Gasteiger partial charge is 0.395 e. The molecule has 3 heterocycles. The Bertz CT molecular complexity index is 1060. The van der Waals surface area contributed by atoms with Crippen LogP contribution in [0.1, 0.15) is 18.8 Å². The lowest BCUT2D eigenvalue weighted by molar-refractivity contribution is -0.286. The molecule has 0 spiro atoms. The summed E-state index contributed by atoms with van der Waals surface area (Å²) in [6, 6.07) is 2.99. The number of nitrogens with zero attached hydrogens (tertiary/aromatic N) is 5. The molecule has 0 saturated carbocycles. The summed E-state index contributed by atoms with van der Waals surface area (Å²) in [5.41, 5.74) is 0.211. The summed E-state index contributed by atoms with van der Waals surface area (Å²) in [4.78, 5) is 24.7. The predicted octanol–water partition coefficient (Wildman–Crippen LogP) is 3.02. The van der Waals surface area contributed by atoms with Gasteiger partial charge in [0.1, 0.15) is 6.33 Å². The average Bonchev–Trinajstić information content (AvgIpc) is 3.26. The summed E-state index contributed by atoms with van der Waals surface area (Å²) >= 11 is 3.20. The number of halogens is 3. The van der Waals surface area contributed by atoms with Gasteiger partial charge in [-0.3, -0.25) is 0 Å². The van der Waals surface area contributed by atoms with E-state index in [1.165, 1.54) is 23.1 Å². The highest BCUT2D eigenvalue weighted by Gasteiger charge is 2.43. The minimum absolute atomic E-state index is 0.142. The van der Waals surface area contributed by atoms with Crippen molar-refractivity contribution in [2.75, 3.05) is 5.32 Å². The van der Waals surface area contributed by atoms with Crippen molar-refractivity contribution in [3.63, 3.8) is 0 Å². The normalized spacial score (nSPS) is 15.0. The van der Waals surface area contributed by atoms with Crippen molar-refractivity contribution >= 4 is 27.6 Å². The van der Waals surface area contributed by atoms with E-state index >= 15 is 0 Å². The van der Waals surface area contributed by atoms with Gasteiger partial charge in [0, 0.05) is 29.0 Å². The zero-order valence-electron chi connectivity index (χ0n) is 14.6. The molecule has 1 aliphatic rings. The first-order valence-electron chi connectivity index (χ1n) is 8.16. The molecule has 0 aliphatic carbocycles.